The van der Waals surface area contributed by atoms with Crippen molar-refractivity contribution in [3.05, 3.63) is 49.9 Å². The number of hydrogen-bond donors (Lipinski definition) is 1. The summed E-state index contributed by atoms with van der Waals surface area (Å²) >= 11 is 5.38. The molecule has 1 aromatic carbocycles. The minimum atomic E-state index is -0.146. The lowest BCUT2D eigenvalue weighted by Crippen LogP contribution is -2.16. The Balaban J connectivity index is 1.90. The van der Waals surface area contributed by atoms with Crippen molar-refractivity contribution in [2.24, 2.45) is 0 Å². The fraction of sp³-hybridized carbons (Fsp3) is 0.333. The molecule has 0 fully saturated rings. The number of thiophene rings is 1. The lowest BCUT2D eigenvalue weighted by molar-refractivity contribution is 0.602. The van der Waals surface area contributed by atoms with Gasteiger partial charge in [0.25, 0.3) is 0 Å². The molecule has 1 aromatic heterocycles. The van der Waals surface area contributed by atoms with Crippen LogP contribution in [0, 0.1) is 12.7 Å². The number of benzene rings is 1. The minimum Gasteiger partial charge on any atom is -0.378 e. The van der Waals surface area contributed by atoms with Gasteiger partial charge in [0, 0.05) is 16.1 Å². The molecular weight excluding hydrogens is 325 g/mol. The summed E-state index contributed by atoms with van der Waals surface area (Å²) in [6.45, 7) is 1.82. The Kier molecular flexibility index (Phi) is 3.63. The van der Waals surface area contributed by atoms with Gasteiger partial charge in [-0.05, 0) is 65.9 Å². The maximum Gasteiger partial charge on any atom is 0.128 e. The van der Waals surface area contributed by atoms with E-state index in [1.165, 1.54) is 26.7 Å². The SMILES string of the molecule is Cc1c(F)cccc1NC1CCCc2sc(Br)cc21. The van der Waals surface area contributed by atoms with Gasteiger partial charge in [-0.25, -0.2) is 4.39 Å². The number of rotatable bonds is 2. The van der Waals surface area contributed by atoms with Gasteiger partial charge in [-0.3, -0.25) is 0 Å². The first-order valence-electron chi connectivity index (χ1n) is 6.45. The molecule has 1 atom stereocenters. The van der Waals surface area contributed by atoms with Crippen molar-refractivity contribution in [1.29, 1.82) is 0 Å². The van der Waals surface area contributed by atoms with Gasteiger partial charge in [0.2, 0.25) is 0 Å². The molecule has 3 rings (SSSR count). The molecule has 0 radical (unpaired) electrons. The van der Waals surface area contributed by atoms with Gasteiger partial charge in [0.15, 0.2) is 0 Å². The third kappa shape index (κ3) is 2.56. The van der Waals surface area contributed by atoms with Gasteiger partial charge in [-0.1, -0.05) is 6.07 Å². The highest BCUT2D eigenvalue weighted by molar-refractivity contribution is 9.11. The number of hydrogen-bond acceptors (Lipinski definition) is 2. The molecule has 1 N–H and O–H groups in total. The van der Waals surface area contributed by atoms with E-state index >= 15 is 0 Å². The van der Waals surface area contributed by atoms with E-state index in [1.807, 2.05) is 24.3 Å². The van der Waals surface area contributed by atoms with E-state index in [-0.39, 0.29) is 5.82 Å². The van der Waals surface area contributed by atoms with Crippen molar-refractivity contribution >= 4 is 33.0 Å². The van der Waals surface area contributed by atoms with E-state index in [0.29, 0.717) is 11.6 Å². The largest absolute Gasteiger partial charge is 0.378 e. The Labute approximate surface area is 125 Å². The van der Waals surface area contributed by atoms with Crippen molar-refractivity contribution in [1.82, 2.24) is 0 Å². The Hall–Kier alpha value is -0.870. The Morgan fingerprint density at radius 3 is 3.11 bits per heavy atom. The maximum absolute atomic E-state index is 13.6. The predicted octanol–water partition coefficient (Wildman–Crippen LogP) is 5.45. The van der Waals surface area contributed by atoms with Crippen LogP contribution in [0.5, 0.6) is 0 Å². The first-order valence-corrected chi connectivity index (χ1v) is 8.06. The molecule has 0 saturated carbocycles. The van der Waals surface area contributed by atoms with Gasteiger partial charge < -0.3 is 5.32 Å². The van der Waals surface area contributed by atoms with Crippen LogP contribution in [0.2, 0.25) is 0 Å². The fourth-order valence-electron chi connectivity index (χ4n) is 2.62. The van der Waals surface area contributed by atoms with Crippen molar-refractivity contribution < 1.29 is 4.39 Å². The van der Waals surface area contributed by atoms with E-state index in [4.69, 9.17) is 0 Å². The van der Waals surface area contributed by atoms with Gasteiger partial charge >= 0.3 is 0 Å². The minimum absolute atomic E-state index is 0.146. The Bertz CT molecular complexity index is 608. The first-order chi connectivity index (χ1) is 9.15. The summed E-state index contributed by atoms with van der Waals surface area (Å²) in [6.07, 6.45) is 3.45. The first kappa shape index (κ1) is 13.1. The molecule has 1 aliphatic carbocycles. The summed E-state index contributed by atoms with van der Waals surface area (Å²) in [5.74, 6) is -0.146. The molecule has 0 saturated heterocycles. The molecule has 0 aliphatic heterocycles. The Morgan fingerprint density at radius 1 is 1.42 bits per heavy atom. The summed E-state index contributed by atoms with van der Waals surface area (Å²) in [7, 11) is 0. The van der Waals surface area contributed by atoms with Gasteiger partial charge in [0.1, 0.15) is 5.82 Å². The van der Waals surface area contributed by atoms with Crippen LogP contribution in [0.15, 0.2) is 28.1 Å². The molecule has 4 heteroatoms. The van der Waals surface area contributed by atoms with E-state index < -0.39 is 0 Å². The van der Waals surface area contributed by atoms with Gasteiger partial charge in [-0.2, -0.15) is 0 Å². The summed E-state index contributed by atoms with van der Waals surface area (Å²) in [6, 6.07) is 7.72. The summed E-state index contributed by atoms with van der Waals surface area (Å²) in [5.41, 5.74) is 2.97. The summed E-state index contributed by atoms with van der Waals surface area (Å²) < 4.78 is 14.8. The summed E-state index contributed by atoms with van der Waals surface area (Å²) in [4.78, 5) is 1.45. The fourth-order valence-corrected chi connectivity index (χ4v) is 4.44. The second kappa shape index (κ2) is 5.25. The highest BCUT2D eigenvalue weighted by Gasteiger charge is 2.23. The summed E-state index contributed by atoms with van der Waals surface area (Å²) in [5, 5.41) is 3.51. The molecule has 1 aliphatic rings. The van der Waals surface area contributed by atoms with Crippen LogP contribution in [-0.4, -0.2) is 0 Å². The molecule has 1 nitrogen and oxygen atoms in total. The average molecular weight is 340 g/mol. The Morgan fingerprint density at radius 2 is 2.26 bits per heavy atom. The third-order valence-electron chi connectivity index (χ3n) is 3.68. The highest BCUT2D eigenvalue weighted by atomic mass is 79.9. The molecule has 0 spiro atoms. The predicted molar refractivity (Wildman–Crippen MR) is 82.5 cm³/mol. The molecule has 100 valence electrons. The van der Waals surface area contributed by atoms with Gasteiger partial charge in [0.05, 0.1) is 9.83 Å². The zero-order valence-electron chi connectivity index (χ0n) is 10.7. The molecule has 0 amide bonds. The van der Waals surface area contributed by atoms with Crippen molar-refractivity contribution in [3.8, 4) is 0 Å². The van der Waals surface area contributed by atoms with Crippen molar-refractivity contribution in [3.63, 3.8) is 0 Å². The topological polar surface area (TPSA) is 12.0 Å². The smallest absolute Gasteiger partial charge is 0.128 e. The van der Waals surface area contributed by atoms with E-state index in [0.717, 1.165) is 18.5 Å². The van der Waals surface area contributed by atoms with E-state index in [1.54, 1.807) is 6.07 Å². The zero-order valence-corrected chi connectivity index (χ0v) is 13.1. The average Bonchev–Trinajstić information content (AvgIpc) is 2.76. The number of halogens is 2. The van der Waals surface area contributed by atoms with Crippen LogP contribution < -0.4 is 5.32 Å². The van der Waals surface area contributed by atoms with Crippen LogP contribution in [0.4, 0.5) is 10.1 Å². The van der Waals surface area contributed by atoms with E-state index in [2.05, 4.69) is 27.3 Å². The number of aryl methyl sites for hydroxylation is 1. The van der Waals surface area contributed by atoms with Gasteiger partial charge in [-0.15, -0.1) is 11.3 Å². The molecule has 1 unspecified atom stereocenters. The van der Waals surface area contributed by atoms with Crippen molar-refractivity contribution in [2.45, 2.75) is 32.2 Å². The molecule has 1 heterocycles. The highest BCUT2D eigenvalue weighted by Crippen LogP contribution is 2.39. The second-order valence-electron chi connectivity index (χ2n) is 4.93. The lowest BCUT2D eigenvalue weighted by atomic mass is 9.93. The number of fused-ring (bicyclic) bond motifs is 1. The van der Waals surface area contributed by atoms with Crippen LogP contribution >= 0.6 is 27.3 Å². The van der Waals surface area contributed by atoms with Crippen molar-refractivity contribution in [2.75, 3.05) is 5.32 Å². The molecule has 0 bridgehead atoms. The lowest BCUT2D eigenvalue weighted by Gasteiger charge is -2.25. The quantitative estimate of drug-likeness (QED) is 0.767. The van der Waals surface area contributed by atoms with Crippen LogP contribution in [0.1, 0.15) is 34.9 Å². The normalized spacial score (nSPS) is 18.2. The van der Waals surface area contributed by atoms with E-state index in [9.17, 15) is 4.39 Å². The second-order valence-corrected chi connectivity index (χ2v) is 7.45. The molecule has 19 heavy (non-hydrogen) atoms. The van der Waals surface area contributed by atoms with Crippen LogP contribution in [0.3, 0.4) is 0 Å². The zero-order chi connectivity index (χ0) is 13.4. The molecule has 2 aromatic rings. The molecular formula is C15H15BrFNS. The standard InChI is InChI=1S/C15H15BrFNS/c1-9-11(17)4-2-5-12(9)18-13-6-3-7-14-10(13)8-15(16)19-14/h2,4-5,8,13,18H,3,6-7H2,1H3. The third-order valence-corrected chi connectivity index (χ3v) is 5.39. The number of nitrogens with one attached hydrogen (secondary N) is 1. The maximum atomic E-state index is 13.6. The van der Waals surface area contributed by atoms with Crippen LogP contribution in [-0.2, 0) is 6.42 Å². The van der Waals surface area contributed by atoms with Crippen LogP contribution in [0.25, 0.3) is 0 Å². The monoisotopic (exact) mass is 339 g/mol. The number of anilines is 1.